The van der Waals surface area contributed by atoms with Gasteiger partial charge in [0, 0.05) is 5.56 Å². The fourth-order valence-corrected chi connectivity index (χ4v) is 1.35. The van der Waals surface area contributed by atoms with Crippen molar-refractivity contribution in [2.45, 2.75) is 19.4 Å². The van der Waals surface area contributed by atoms with Crippen LogP contribution in [-0.4, -0.2) is 5.11 Å². The lowest BCUT2D eigenvalue weighted by atomic mass is 9.94. The minimum absolute atomic E-state index is 0.164. The van der Waals surface area contributed by atoms with Crippen molar-refractivity contribution >= 4 is 0 Å². The number of benzene rings is 1. The molecule has 1 N–H and O–H groups in total. The summed E-state index contributed by atoms with van der Waals surface area (Å²) in [4.78, 5) is 0. The maximum atomic E-state index is 13.2. The molecule has 80 valence electrons. The molecule has 0 bridgehead atoms. The molecule has 2 unspecified atom stereocenters. The summed E-state index contributed by atoms with van der Waals surface area (Å²) < 4.78 is 26.1. The van der Waals surface area contributed by atoms with E-state index >= 15 is 0 Å². The van der Waals surface area contributed by atoms with Crippen LogP contribution in [0.1, 0.15) is 25.0 Å². The second kappa shape index (κ2) is 4.85. The number of rotatable bonds is 3. The van der Waals surface area contributed by atoms with E-state index in [9.17, 15) is 13.9 Å². The van der Waals surface area contributed by atoms with Gasteiger partial charge < -0.3 is 5.11 Å². The Labute approximate surface area is 86.8 Å². The normalized spacial score (nSPS) is 14.3. The molecule has 4 heteroatoms. The zero-order valence-corrected chi connectivity index (χ0v) is 8.24. The molecule has 0 fully saturated rings. The summed E-state index contributed by atoms with van der Waals surface area (Å²) >= 11 is 0. The molecule has 1 aromatic rings. The SMILES string of the molecule is CCC(C#N)C(O)c1cccc(F)c1F. The van der Waals surface area contributed by atoms with Crippen molar-refractivity contribution in [2.75, 3.05) is 0 Å². The van der Waals surface area contributed by atoms with Crippen LogP contribution in [0.2, 0.25) is 0 Å². The van der Waals surface area contributed by atoms with Crippen LogP contribution in [0.5, 0.6) is 0 Å². The standard InChI is InChI=1S/C11H11F2NO/c1-2-7(6-14)11(15)8-4-3-5-9(12)10(8)13/h3-5,7,11,15H,2H2,1H3. The van der Waals surface area contributed by atoms with Gasteiger partial charge in [-0.3, -0.25) is 0 Å². The Kier molecular flexibility index (Phi) is 3.75. The van der Waals surface area contributed by atoms with E-state index in [4.69, 9.17) is 5.26 Å². The second-order valence-electron chi connectivity index (χ2n) is 3.23. The first-order valence-electron chi connectivity index (χ1n) is 4.63. The molecule has 0 aliphatic heterocycles. The molecule has 0 saturated carbocycles. The Morgan fingerprint density at radius 1 is 1.47 bits per heavy atom. The van der Waals surface area contributed by atoms with Gasteiger partial charge >= 0.3 is 0 Å². The molecule has 1 aromatic carbocycles. The van der Waals surface area contributed by atoms with Crippen molar-refractivity contribution in [1.82, 2.24) is 0 Å². The average Bonchev–Trinajstić information content (AvgIpc) is 2.23. The summed E-state index contributed by atoms with van der Waals surface area (Å²) in [6.07, 6.45) is -0.899. The van der Waals surface area contributed by atoms with Gasteiger partial charge in [-0.15, -0.1) is 0 Å². The largest absolute Gasteiger partial charge is 0.387 e. The Morgan fingerprint density at radius 2 is 2.13 bits per heavy atom. The Hall–Kier alpha value is -1.47. The fraction of sp³-hybridized carbons (Fsp3) is 0.364. The third kappa shape index (κ3) is 2.31. The zero-order valence-electron chi connectivity index (χ0n) is 8.24. The highest BCUT2D eigenvalue weighted by atomic mass is 19.2. The molecule has 2 atom stereocenters. The quantitative estimate of drug-likeness (QED) is 0.834. The summed E-state index contributed by atoms with van der Waals surface area (Å²) in [7, 11) is 0. The van der Waals surface area contributed by atoms with Crippen LogP contribution in [0, 0.1) is 28.9 Å². The van der Waals surface area contributed by atoms with Crippen LogP contribution in [0.3, 0.4) is 0 Å². The number of nitrogens with zero attached hydrogens (tertiary/aromatic N) is 1. The van der Waals surface area contributed by atoms with E-state index < -0.39 is 23.7 Å². The number of hydrogen-bond donors (Lipinski definition) is 1. The monoisotopic (exact) mass is 211 g/mol. The van der Waals surface area contributed by atoms with Crippen LogP contribution < -0.4 is 0 Å². The van der Waals surface area contributed by atoms with Crippen molar-refractivity contribution < 1.29 is 13.9 Å². The Morgan fingerprint density at radius 3 is 2.67 bits per heavy atom. The van der Waals surface area contributed by atoms with Gasteiger partial charge in [0.25, 0.3) is 0 Å². The Bertz CT molecular complexity index is 387. The van der Waals surface area contributed by atoms with Gasteiger partial charge in [-0.1, -0.05) is 19.1 Å². The van der Waals surface area contributed by atoms with Crippen LogP contribution in [0.4, 0.5) is 8.78 Å². The first-order chi connectivity index (χ1) is 7.11. The van der Waals surface area contributed by atoms with Gasteiger partial charge in [0.2, 0.25) is 0 Å². The minimum atomic E-state index is -1.28. The van der Waals surface area contributed by atoms with E-state index in [1.807, 2.05) is 6.07 Å². The molecule has 0 aromatic heterocycles. The summed E-state index contributed by atoms with van der Waals surface area (Å²) in [5.41, 5.74) is -0.164. The molecule has 2 nitrogen and oxygen atoms in total. The van der Waals surface area contributed by atoms with Gasteiger partial charge in [-0.05, 0) is 12.5 Å². The van der Waals surface area contributed by atoms with Gasteiger partial charge in [0.05, 0.1) is 18.1 Å². The van der Waals surface area contributed by atoms with Crippen LogP contribution in [-0.2, 0) is 0 Å². The predicted molar refractivity (Wildman–Crippen MR) is 50.7 cm³/mol. The molecule has 0 amide bonds. The fourth-order valence-electron chi connectivity index (χ4n) is 1.35. The molecule has 0 aliphatic carbocycles. The number of aliphatic hydroxyl groups excluding tert-OH is 1. The summed E-state index contributed by atoms with van der Waals surface area (Å²) in [6, 6.07) is 5.42. The molecule has 0 heterocycles. The maximum absolute atomic E-state index is 13.2. The molecule has 0 radical (unpaired) electrons. The lowest BCUT2D eigenvalue weighted by Gasteiger charge is -2.15. The highest BCUT2D eigenvalue weighted by Crippen LogP contribution is 2.27. The third-order valence-electron chi connectivity index (χ3n) is 2.29. The van der Waals surface area contributed by atoms with E-state index in [0.717, 1.165) is 6.07 Å². The van der Waals surface area contributed by atoms with E-state index in [1.165, 1.54) is 12.1 Å². The van der Waals surface area contributed by atoms with E-state index in [1.54, 1.807) is 6.92 Å². The lowest BCUT2D eigenvalue weighted by molar-refractivity contribution is 0.127. The van der Waals surface area contributed by atoms with Gasteiger partial charge in [0.15, 0.2) is 11.6 Å². The van der Waals surface area contributed by atoms with Gasteiger partial charge in [-0.2, -0.15) is 5.26 Å². The number of nitriles is 1. The van der Waals surface area contributed by atoms with Gasteiger partial charge in [0.1, 0.15) is 0 Å². The summed E-state index contributed by atoms with van der Waals surface area (Å²) in [5, 5.41) is 18.3. The number of halogens is 2. The maximum Gasteiger partial charge on any atom is 0.164 e. The van der Waals surface area contributed by atoms with Crippen LogP contribution in [0.25, 0.3) is 0 Å². The first-order valence-corrected chi connectivity index (χ1v) is 4.63. The van der Waals surface area contributed by atoms with E-state index in [0.29, 0.717) is 6.42 Å². The van der Waals surface area contributed by atoms with E-state index in [2.05, 4.69) is 0 Å². The molecular formula is C11H11F2NO. The third-order valence-corrected chi connectivity index (χ3v) is 2.29. The average molecular weight is 211 g/mol. The van der Waals surface area contributed by atoms with E-state index in [-0.39, 0.29) is 5.56 Å². The Balaban J connectivity index is 3.06. The highest BCUT2D eigenvalue weighted by Gasteiger charge is 2.23. The summed E-state index contributed by atoms with van der Waals surface area (Å²) in [5.74, 6) is -2.82. The zero-order chi connectivity index (χ0) is 11.4. The topological polar surface area (TPSA) is 44.0 Å². The molecule has 0 aliphatic rings. The second-order valence-corrected chi connectivity index (χ2v) is 3.23. The smallest absolute Gasteiger partial charge is 0.164 e. The molecular weight excluding hydrogens is 200 g/mol. The van der Waals surface area contributed by atoms with Crippen molar-refractivity contribution in [2.24, 2.45) is 5.92 Å². The highest BCUT2D eigenvalue weighted by molar-refractivity contribution is 5.23. The van der Waals surface area contributed by atoms with Crippen molar-refractivity contribution in [3.63, 3.8) is 0 Å². The lowest BCUT2D eigenvalue weighted by Crippen LogP contribution is -2.12. The van der Waals surface area contributed by atoms with Gasteiger partial charge in [-0.25, -0.2) is 8.78 Å². The molecule has 15 heavy (non-hydrogen) atoms. The predicted octanol–water partition coefficient (Wildman–Crippen LogP) is 2.55. The molecule has 0 spiro atoms. The van der Waals surface area contributed by atoms with Crippen LogP contribution >= 0.6 is 0 Å². The van der Waals surface area contributed by atoms with Crippen molar-refractivity contribution in [3.05, 3.63) is 35.4 Å². The molecule has 1 rings (SSSR count). The molecule has 0 saturated heterocycles. The van der Waals surface area contributed by atoms with Crippen LogP contribution in [0.15, 0.2) is 18.2 Å². The first kappa shape index (κ1) is 11.6. The minimum Gasteiger partial charge on any atom is -0.387 e. The van der Waals surface area contributed by atoms with Crippen molar-refractivity contribution in [1.29, 1.82) is 5.26 Å². The summed E-state index contributed by atoms with van der Waals surface area (Å²) in [6.45, 7) is 1.70. The van der Waals surface area contributed by atoms with Crippen molar-refractivity contribution in [3.8, 4) is 6.07 Å². The number of aliphatic hydroxyl groups is 1. The number of hydrogen-bond acceptors (Lipinski definition) is 2.